The van der Waals surface area contributed by atoms with E-state index >= 15 is 0 Å². The van der Waals surface area contributed by atoms with Crippen molar-refractivity contribution >= 4 is 39.1 Å². The number of halogens is 3. The lowest BCUT2D eigenvalue weighted by atomic mass is 9.95. The molecule has 0 saturated heterocycles. The van der Waals surface area contributed by atoms with Crippen molar-refractivity contribution in [3.05, 3.63) is 62.1 Å². The van der Waals surface area contributed by atoms with Crippen LogP contribution >= 0.6 is 39.1 Å². The molecule has 0 heterocycles. The number of aryl methyl sites for hydroxylation is 2. The first kappa shape index (κ1) is 15.7. The second kappa shape index (κ2) is 6.38. The van der Waals surface area contributed by atoms with Crippen LogP contribution in [0.4, 0.5) is 0 Å². The SMILES string of the molecule is COc1c(Br)cc(Cl)cc1C(Cl)c1c(C)cccc1C. The molecule has 106 valence electrons. The molecule has 0 aliphatic carbocycles. The van der Waals surface area contributed by atoms with Gasteiger partial charge >= 0.3 is 0 Å². The third-order valence-electron chi connectivity index (χ3n) is 3.31. The second-order valence-corrected chi connectivity index (χ2v) is 6.41. The van der Waals surface area contributed by atoms with Crippen molar-refractivity contribution in [1.29, 1.82) is 0 Å². The molecule has 0 radical (unpaired) electrons. The normalized spacial score (nSPS) is 12.3. The Bertz CT molecular complexity index is 620. The molecule has 0 spiro atoms. The van der Waals surface area contributed by atoms with Gasteiger partial charge in [0.2, 0.25) is 0 Å². The van der Waals surface area contributed by atoms with E-state index in [0.29, 0.717) is 5.02 Å². The van der Waals surface area contributed by atoms with E-state index in [-0.39, 0.29) is 5.38 Å². The Balaban J connectivity index is 2.62. The van der Waals surface area contributed by atoms with E-state index in [9.17, 15) is 0 Å². The summed E-state index contributed by atoms with van der Waals surface area (Å²) in [6, 6.07) is 9.81. The van der Waals surface area contributed by atoms with Crippen LogP contribution in [0.1, 0.15) is 27.6 Å². The molecule has 2 aromatic rings. The smallest absolute Gasteiger partial charge is 0.138 e. The van der Waals surface area contributed by atoms with E-state index < -0.39 is 0 Å². The van der Waals surface area contributed by atoms with Crippen LogP contribution in [-0.2, 0) is 0 Å². The summed E-state index contributed by atoms with van der Waals surface area (Å²) in [5, 5.41) is 0.325. The van der Waals surface area contributed by atoms with E-state index in [0.717, 1.165) is 32.5 Å². The second-order valence-electron chi connectivity index (χ2n) is 4.68. The topological polar surface area (TPSA) is 9.23 Å². The number of alkyl halides is 1. The Morgan fingerprint density at radius 3 is 2.30 bits per heavy atom. The zero-order valence-corrected chi connectivity index (χ0v) is 14.6. The van der Waals surface area contributed by atoms with Crippen LogP contribution in [0.3, 0.4) is 0 Å². The average molecular weight is 374 g/mol. The van der Waals surface area contributed by atoms with Gasteiger partial charge in [-0.1, -0.05) is 29.8 Å². The van der Waals surface area contributed by atoms with Crippen LogP contribution < -0.4 is 4.74 Å². The molecule has 0 fully saturated rings. The van der Waals surface area contributed by atoms with Gasteiger partial charge in [-0.25, -0.2) is 0 Å². The van der Waals surface area contributed by atoms with Crippen molar-refractivity contribution in [3.63, 3.8) is 0 Å². The Morgan fingerprint density at radius 1 is 1.15 bits per heavy atom. The molecule has 0 bridgehead atoms. The predicted octanol–water partition coefficient (Wildman–Crippen LogP) is 6.06. The van der Waals surface area contributed by atoms with Crippen LogP contribution in [0.5, 0.6) is 5.75 Å². The van der Waals surface area contributed by atoms with Gasteiger partial charge in [0, 0.05) is 10.6 Å². The number of methoxy groups -OCH3 is 1. The quantitative estimate of drug-likeness (QED) is 0.594. The number of ether oxygens (including phenoxy) is 1. The standard InChI is InChI=1S/C16H15BrCl2O/c1-9-5-4-6-10(2)14(9)15(19)12-7-11(18)8-13(17)16(12)20-3/h4-8,15H,1-3H3. The van der Waals surface area contributed by atoms with Crippen LogP contribution in [0.25, 0.3) is 0 Å². The maximum absolute atomic E-state index is 6.71. The average Bonchev–Trinajstić information content (AvgIpc) is 2.37. The maximum atomic E-state index is 6.71. The van der Waals surface area contributed by atoms with Gasteiger partial charge in [0.25, 0.3) is 0 Å². The van der Waals surface area contributed by atoms with Crippen LogP contribution in [0.2, 0.25) is 5.02 Å². The van der Waals surface area contributed by atoms with Crippen LogP contribution in [0.15, 0.2) is 34.8 Å². The predicted molar refractivity (Wildman–Crippen MR) is 89.3 cm³/mol. The minimum absolute atomic E-state index is 0.304. The van der Waals surface area contributed by atoms with Gasteiger partial charge in [0.1, 0.15) is 5.75 Å². The Labute approximate surface area is 138 Å². The van der Waals surface area contributed by atoms with Gasteiger partial charge in [-0.3, -0.25) is 0 Å². The van der Waals surface area contributed by atoms with Gasteiger partial charge in [-0.15, -0.1) is 11.6 Å². The first-order valence-corrected chi connectivity index (χ1v) is 7.79. The lowest BCUT2D eigenvalue weighted by molar-refractivity contribution is 0.407. The fraction of sp³-hybridized carbons (Fsp3) is 0.250. The molecule has 4 heteroatoms. The molecule has 1 atom stereocenters. The van der Waals surface area contributed by atoms with E-state index in [4.69, 9.17) is 27.9 Å². The molecule has 20 heavy (non-hydrogen) atoms. The van der Waals surface area contributed by atoms with Crippen LogP contribution in [0, 0.1) is 13.8 Å². The Kier molecular flexibility index (Phi) is 5.00. The molecule has 0 aliphatic rings. The Morgan fingerprint density at radius 2 is 1.75 bits per heavy atom. The molecule has 0 saturated carbocycles. The zero-order valence-electron chi connectivity index (χ0n) is 11.5. The number of hydrogen-bond donors (Lipinski definition) is 0. The Hall–Kier alpha value is -0.700. The summed E-state index contributed by atoms with van der Waals surface area (Å²) >= 11 is 16.3. The van der Waals surface area contributed by atoms with Crippen molar-refractivity contribution in [2.45, 2.75) is 19.2 Å². The van der Waals surface area contributed by atoms with Crippen LogP contribution in [-0.4, -0.2) is 7.11 Å². The summed E-state index contributed by atoms with van der Waals surface area (Å²) in [7, 11) is 1.63. The van der Waals surface area contributed by atoms with Crippen molar-refractivity contribution in [1.82, 2.24) is 0 Å². The largest absolute Gasteiger partial charge is 0.495 e. The molecule has 2 rings (SSSR count). The molecule has 0 amide bonds. The first-order valence-electron chi connectivity index (χ1n) is 6.18. The molecule has 0 aliphatic heterocycles. The number of benzene rings is 2. The maximum Gasteiger partial charge on any atom is 0.138 e. The van der Waals surface area contributed by atoms with Gasteiger partial charge < -0.3 is 4.74 Å². The molecule has 2 aromatic carbocycles. The van der Waals surface area contributed by atoms with Gasteiger partial charge in [0.05, 0.1) is 17.0 Å². The summed E-state index contributed by atoms with van der Waals surface area (Å²) in [4.78, 5) is 0. The van der Waals surface area contributed by atoms with Crippen molar-refractivity contribution in [2.24, 2.45) is 0 Å². The monoisotopic (exact) mass is 372 g/mol. The number of rotatable bonds is 3. The molecule has 1 nitrogen and oxygen atoms in total. The zero-order chi connectivity index (χ0) is 14.9. The molecular formula is C16H15BrCl2O. The van der Waals surface area contributed by atoms with E-state index in [1.165, 1.54) is 0 Å². The molecule has 0 aromatic heterocycles. The highest BCUT2D eigenvalue weighted by molar-refractivity contribution is 9.10. The minimum Gasteiger partial charge on any atom is -0.495 e. The van der Waals surface area contributed by atoms with E-state index in [2.05, 4.69) is 41.9 Å². The highest BCUT2D eigenvalue weighted by atomic mass is 79.9. The molecule has 1 unspecified atom stereocenters. The van der Waals surface area contributed by atoms with Crippen molar-refractivity contribution in [3.8, 4) is 5.75 Å². The minimum atomic E-state index is -0.304. The van der Waals surface area contributed by atoms with Crippen molar-refractivity contribution < 1.29 is 4.74 Å². The van der Waals surface area contributed by atoms with E-state index in [1.807, 2.05) is 12.1 Å². The fourth-order valence-electron chi connectivity index (χ4n) is 2.37. The van der Waals surface area contributed by atoms with E-state index in [1.54, 1.807) is 13.2 Å². The summed E-state index contributed by atoms with van der Waals surface area (Å²) in [6.45, 7) is 4.12. The lowest BCUT2D eigenvalue weighted by Crippen LogP contribution is -2.02. The summed E-state index contributed by atoms with van der Waals surface area (Å²) in [6.07, 6.45) is 0. The van der Waals surface area contributed by atoms with Gasteiger partial charge in [0.15, 0.2) is 0 Å². The number of hydrogen-bond acceptors (Lipinski definition) is 1. The first-order chi connectivity index (χ1) is 9.45. The highest BCUT2D eigenvalue weighted by Crippen LogP contribution is 2.42. The summed E-state index contributed by atoms with van der Waals surface area (Å²) < 4.78 is 6.27. The highest BCUT2D eigenvalue weighted by Gasteiger charge is 2.21. The fourth-order valence-corrected chi connectivity index (χ4v) is 3.87. The summed E-state index contributed by atoms with van der Waals surface area (Å²) in [5.74, 6) is 0.719. The third-order valence-corrected chi connectivity index (χ3v) is 4.57. The van der Waals surface area contributed by atoms with Gasteiger partial charge in [-0.2, -0.15) is 0 Å². The lowest BCUT2D eigenvalue weighted by Gasteiger charge is -2.19. The summed E-state index contributed by atoms with van der Waals surface area (Å²) in [5.41, 5.74) is 4.28. The molecular weight excluding hydrogens is 359 g/mol. The third kappa shape index (κ3) is 2.98. The van der Waals surface area contributed by atoms with Gasteiger partial charge in [-0.05, 0) is 58.6 Å². The molecule has 0 N–H and O–H groups in total. The van der Waals surface area contributed by atoms with Crippen molar-refractivity contribution in [2.75, 3.05) is 7.11 Å².